The normalized spacial score (nSPS) is 19.0. The molecule has 4 rings (SSSR count). The Morgan fingerprint density at radius 3 is 3.07 bits per heavy atom. The van der Waals surface area contributed by atoms with Crippen LogP contribution in [0.15, 0.2) is 23.0 Å². The van der Waals surface area contributed by atoms with E-state index >= 15 is 0 Å². The summed E-state index contributed by atoms with van der Waals surface area (Å²) in [6, 6.07) is 1.86. The number of amides is 2. The van der Waals surface area contributed by atoms with Crippen LogP contribution in [0.3, 0.4) is 0 Å². The highest BCUT2D eigenvalue weighted by atomic mass is 32.1. The van der Waals surface area contributed by atoms with Gasteiger partial charge >= 0.3 is 0 Å². The molecule has 2 aliphatic rings. The topological polar surface area (TPSA) is 71.5 Å². The summed E-state index contributed by atoms with van der Waals surface area (Å²) in [5.74, 6) is 0.0188. The third-order valence-electron chi connectivity index (χ3n) is 5.31. The van der Waals surface area contributed by atoms with E-state index in [2.05, 4.69) is 10.3 Å². The van der Waals surface area contributed by atoms with Crippen LogP contribution in [-0.2, 0) is 29.0 Å². The van der Waals surface area contributed by atoms with Gasteiger partial charge in [-0.3, -0.25) is 14.6 Å². The van der Waals surface area contributed by atoms with Crippen molar-refractivity contribution < 1.29 is 14.3 Å². The van der Waals surface area contributed by atoms with Gasteiger partial charge in [-0.1, -0.05) is 0 Å². The molecule has 0 unspecified atom stereocenters. The standard InChI is InChI=1S/C20H23N3O3S/c1-13-17(10-22-19(24)18-3-2-7-26-18)16-4-6-23(11-15(16)9-21-13)20(25)14-5-8-27-12-14/h5,8-9,12,18H,2-4,6-7,10-11H2,1H3,(H,22,24)/t18-/m1/s1. The maximum absolute atomic E-state index is 12.6. The average molecular weight is 385 g/mol. The number of pyridine rings is 1. The van der Waals surface area contributed by atoms with E-state index in [1.54, 1.807) is 0 Å². The van der Waals surface area contributed by atoms with Gasteiger partial charge < -0.3 is 15.0 Å². The van der Waals surface area contributed by atoms with Gasteiger partial charge in [0.1, 0.15) is 6.10 Å². The minimum absolute atomic E-state index is 0.0467. The lowest BCUT2D eigenvalue weighted by Crippen LogP contribution is -2.37. The number of hydrogen-bond donors (Lipinski definition) is 1. The first-order valence-electron chi connectivity index (χ1n) is 9.30. The summed E-state index contributed by atoms with van der Waals surface area (Å²) in [6.45, 7) is 4.32. The van der Waals surface area contributed by atoms with Crippen molar-refractivity contribution in [1.82, 2.24) is 15.2 Å². The van der Waals surface area contributed by atoms with Gasteiger partial charge in [0.25, 0.3) is 5.91 Å². The van der Waals surface area contributed by atoms with Crippen molar-refractivity contribution in [2.24, 2.45) is 0 Å². The van der Waals surface area contributed by atoms with E-state index in [4.69, 9.17) is 4.74 Å². The van der Waals surface area contributed by atoms with Crippen LogP contribution in [-0.4, -0.2) is 41.0 Å². The number of carbonyl (C=O) groups is 2. The molecule has 2 amide bonds. The van der Waals surface area contributed by atoms with Gasteiger partial charge in [-0.2, -0.15) is 11.3 Å². The summed E-state index contributed by atoms with van der Waals surface area (Å²) < 4.78 is 5.45. The number of aromatic nitrogens is 1. The van der Waals surface area contributed by atoms with E-state index in [-0.39, 0.29) is 17.9 Å². The van der Waals surface area contributed by atoms with Crippen LogP contribution in [0, 0.1) is 6.92 Å². The predicted octanol–water partition coefficient (Wildman–Crippen LogP) is 2.45. The Bertz CT molecular complexity index is 844. The molecule has 0 bridgehead atoms. The van der Waals surface area contributed by atoms with Crippen molar-refractivity contribution in [2.75, 3.05) is 13.2 Å². The number of nitrogens with zero attached hydrogens (tertiary/aromatic N) is 2. The molecule has 2 aromatic heterocycles. The second-order valence-corrected chi connectivity index (χ2v) is 7.81. The molecule has 0 aliphatic carbocycles. The molecule has 1 fully saturated rings. The maximum Gasteiger partial charge on any atom is 0.255 e. The number of fused-ring (bicyclic) bond motifs is 1. The van der Waals surface area contributed by atoms with Gasteiger partial charge in [-0.15, -0.1) is 0 Å². The summed E-state index contributed by atoms with van der Waals surface area (Å²) >= 11 is 1.53. The number of nitrogens with one attached hydrogen (secondary N) is 1. The molecule has 0 spiro atoms. The number of ether oxygens (including phenoxy) is 1. The van der Waals surface area contributed by atoms with Gasteiger partial charge in [-0.25, -0.2) is 0 Å². The Morgan fingerprint density at radius 1 is 1.44 bits per heavy atom. The monoisotopic (exact) mass is 385 g/mol. The smallest absolute Gasteiger partial charge is 0.255 e. The molecule has 1 N–H and O–H groups in total. The highest BCUT2D eigenvalue weighted by Gasteiger charge is 2.26. The summed E-state index contributed by atoms with van der Waals surface area (Å²) in [5.41, 5.74) is 5.02. The van der Waals surface area contributed by atoms with Crippen LogP contribution in [0.4, 0.5) is 0 Å². The molecule has 2 aliphatic heterocycles. The number of rotatable bonds is 4. The first-order chi connectivity index (χ1) is 13.1. The number of thiophene rings is 1. The Hall–Kier alpha value is -2.25. The molecule has 1 atom stereocenters. The van der Waals surface area contributed by atoms with Gasteiger partial charge in [0.05, 0.1) is 5.56 Å². The molecule has 6 nitrogen and oxygen atoms in total. The summed E-state index contributed by atoms with van der Waals surface area (Å²) in [5, 5.41) is 6.81. The Labute approximate surface area is 162 Å². The molecule has 7 heteroatoms. The summed E-state index contributed by atoms with van der Waals surface area (Å²) in [6.07, 6.45) is 4.04. The van der Waals surface area contributed by atoms with E-state index in [1.165, 1.54) is 16.9 Å². The largest absolute Gasteiger partial charge is 0.368 e. The zero-order valence-corrected chi connectivity index (χ0v) is 16.2. The minimum Gasteiger partial charge on any atom is -0.368 e. The molecule has 0 radical (unpaired) electrons. The van der Waals surface area contributed by atoms with Crippen LogP contribution in [0.25, 0.3) is 0 Å². The second kappa shape index (κ2) is 7.78. The van der Waals surface area contributed by atoms with Crippen LogP contribution >= 0.6 is 11.3 Å². The lowest BCUT2D eigenvalue weighted by molar-refractivity contribution is -0.130. The van der Waals surface area contributed by atoms with E-state index in [1.807, 2.05) is 34.8 Å². The molecular formula is C20H23N3O3S. The molecule has 142 valence electrons. The number of hydrogen-bond acceptors (Lipinski definition) is 5. The molecule has 1 saturated heterocycles. The predicted molar refractivity (Wildman–Crippen MR) is 103 cm³/mol. The zero-order chi connectivity index (χ0) is 18.8. The molecule has 2 aromatic rings. The molecule has 0 aromatic carbocycles. The van der Waals surface area contributed by atoms with Gasteiger partial charge in [0.15, 0.2) is 0 Å². The van der Waals surface area contributed by atoms with Crippen molar-refractivity contribution in [3.8, 4) is 0 Å². The first-order valence-corrected chi connectivity index (χ1v) is 10.2. The first kappa shape index (κ1) is 18.1. The Morgan fingerprint density at radius 2 is 2.33 bits per heavy atom. The molecular weight excluding hydrogens is 362 g/mol. The van der Waals surface area contributed by atoms with E-state index in [0.717, 1.165) is 41.6 Å². The summed E-state index contributed by atoms with van der Waals surface area (Å²) in [7, 11) is 0. The van der Waals surface area contributed by atoms with Gasteiger partial charge in [0.2, 0.25) is 5.91 Å². The van der Waals surface area contributed by atoms with Crippen molar-refractivity contribution in [3.05, 3.63) is 51.0 Å². The third kappa shape index (κ3) is 3.75. The lowest BCUT2D eigenvalue weighted by Gasteiger charge is -2.30. The zero-order valence-electron chi connectivity index (χ0n) is 15.4. The van der Waals surface area contributed by atoms with Crippen molar-refractivity contribution in [2.45, 2.75) is 45.4 Å². The Kier molecular flexibility index (Phi) is 5.22. The summed E-state index contributed by atoms with van der Waals surface area (Å²) in [4.78, 5) is 31.3. The molecule has 0 saturated carbocycles. The van der Waals surface area contributed by atoms with Crippen molar-refractivity contribution in [1.29, 1.82) is 0 Å². The fraction of sp³-hybridized carbons (Fsp3) is 0.450. The lowest BCUT2D eigenvalue weighted by atomic mass is 9.94. The third-order valence-corrected chi connectivity index (χ3v) is 6.00. The van der Waals surface area contributed by atoms with E-state index in [9.17, 15) is 9.59 Å². The molecule has 4 heterocycles. The van der Waals surface area contributed by atoms with Gasteiger partial charge in [-0.05, 0) is 54.3 Å². The van der Waals surface area contributed by atoms with Crippen LogP contribution in [0.5, 0.6) is 0 Å². The highest BCUT2D eigenvalue weighted by Crippen LogP contribution is 2.25. The van der Waals surface area contributed by atoms with E-state index in [0.29, 0.717) is 26.2 Å². The van der Waals surface area contributed by atoms with E-state index < -0.39 is 0 Å². The molecule has 27 heavy (non-hydrogen) atoms. The number of aryl methyl sites for hydroxylation is 1. The maximum atomic E-state index is 12.6. The quantitative estimate of drug-likeness (QED) is 0.878. The van der Waals surface area contributed by atoms with Gasteiger partial charge in [0, 0.05) is 43.5 Å². The minimum atomic E-state index is -0.323. The fourth-order valence-electron chi connectivity index (χ4n) is 3.77. The number of carbonyl (C=O) groups excluding carboxylic acids is 2. The van der Waals surface area contributed by atoms with Crippen LogP contribution < -0.4 is 5.32 Å². The van der Waals surface area contributed by atoms with Crippen molar-refractivity contribution in [3.63, 3.8) is 0 Å². The van der Waals surface area contributed by atoms with Crippen LogP contribution in [0.2, 0.25) is 0 Å². The average Bonchev–Trinajstić information content (AvgIpc) is 3.39. The van der Waals surface area contributed by atoms with Crippen molar-refractivity contribution >= 4 is 23.2 Å². The second-order valence-electron chi connectivity index (χ2n) is 7.03. The Balaban J connectivity index is 1.48. The SMILES string of the molecule is Cc1ncc2c(c1CNC(=O)[C@H]1CCCO1)CCN(C(=O)c1ccsc1)C2. The fourth-order valence-corrected chi connectivity index (χ4v) is 4.40. The van der Waals surface area contributed by atoms with Crippen LogP contribution in [0.1, 0.15) is 45.6 Å². The highest BCUT2D eigenvalue weighted by molar-refractivity contribution is 7.08.